The normalized spacial score (nSPS) is 17.2. The van der Waals surface area contributed by atoms with Crippen molar-refractivity contribution >= 4 is 33.1 Å². The minimum absolute atomic E-state index is 0.0497. The molecule has 2 fully saturated rings. The molecule has 0 unspecified atom stereocenters. The van der Waals surface area contributed by atoms with Crippen molar-refractivity contribution in [2.45, 2.75) is 43.9 Å². The minimum atomic E-state index is -3.48. The second-order valence-electron chi connectivity index (χ2n) is 8.78. The van der Waals surface area contributed by atoms with Crippen LogP contribution >= 0.6 is 11.3 Å². The van der Waals surface area contributed by atoms with Crippen molar-refractivity contribution in [3.05, 3.63) is 41.7 Å². The predicted molar refractivity (Wildman–Crippen MR) is 136 cm³/mol. The van der Waals surface area contributed by atoms with Gasteiger partial charge in [-0.05, 0) is 38.5 Å². The lowest BCUT2D eigenvalue weighted by Crippen LogP contribution is -2.36. The summed E-state index contributed by atoms with van der Waals surface area (Å²) in [5.41, 5.74) is 1.09. The van der Waals surface area contributed by atoms with Gasteiger partial charge < -0.3 is 14.8 Å². The Morgan fingerprint density at radius 2 is 1.97 bits per heavy atom. The Morgan fingerprint density at radius 1 is 1.16 bits per heavy atom. The van der Waals surface area contributed by atoms with Gasteiger partial charge in [0.2, 0.25) is 15.9 Å². The average Bonchev–Trinajstić information content (AvgIpc) is 3.66. The molecule has 1 saturated heterocycles. The molecule has 2 aliphatic rings. The van der Waals surface area contributed by atoms with Crippen LogP contribution in [0.3, 0.4) is 0 Å². The van der Waals surface area contributed by atoms with Crippen molar-refractivity contribution in [2.24, 2.45) is 5.92 Å². The van der Waals surface area contributed by atoms with Gasteiger partial charge >= 0.3 is 0 Å². The van der Waals surface area contributed by atoms with Gasteiger partial charge in [-0.3, -0.25) is 14.5 Å². The van der Waals surface area contributed by atoms with Crippen LogP contribution in [0.2, 0.25) is 0 Å². The average molecular weight is 546 g/mol. The molecule has 37 heavy (non-hydrogen) atoms. The number of ether oxygens (including phenoxy) is 2. The fraction of sp³-hybridized carbons (Fsp3) is 0.478. The lowest BCUT2D eigenvalue weighted by Gasteiger charge is -2.30. The fourth-order valence-corrected chi connectivity index (χ4v) is 6.17. The fourth-order valence-electron chi connectivity index (χ4n) is 4.07. The van der Waals surface area contributed by atoms with Gasteiger partial charge in [0.05, 0.1) is 40.9 Å². The highest BCUT2D eigenvalue weighted by atomic mass is 32.2. The quantitative estimate of drug-likeness (QED) is 0.388. The maximum absolute atomic E-state index is 13.3. The first kappa shape index (κ1) is 25.4. The molecule has 1 atom stereocenters. The second-order valence-corrected chi connectivity index (χ2v) is 11.8. The van der Waals surface area contributed by atoms with E-state index in [2.05, 4.69) is 35.0 Å². The highest BCUT2D eigenvalue weighted by Crippen LogP contribution is 2.33. The number of hydrogen-bond donors (Lipinski definition) is 2. The van der Waals surface area contributed by atoms with E-state index >= 15 is 0 Å². The van der Waals surface area contributed by atoms with E-state index in [1.165, 1.54) is 23.9 Å². The molecule has 3 aromatic rings. The van der Waals surface area contributed by atoms with Crippen molar-refractivity contribution in [1.29, 1.82) is 0 Å². The number of nitrogens with zero attached hydrogens (tertiary/aromatic N) is 5. The van der Waals surface area contributed by atoms with Gasteiger partial charge in [0, 0.05) is 25.5 Å². The third-order valence-corrected chi connectivity index (χ3v) is 8.96. The summed E-state index contributed by atoms with van der Waals surface area (Å²) in [6.07, 6.45) is 8.75. The Bertz CT molecular complexity index is 1360. The molecule has 3 aromatic heterocycles. The van der Waals surface area contributed by atoms with E-state index in [1.54, 1.807) is 18.5 Å². The van der Waals surface area contributed by atoms with Crippen LogP contribution in [0.5, 0.6) is 5.88 Å². The van der Waals surface area contributed by atoms with Crippen molar-refractivity contribution in [1.82, 2.24) is 30.2 Å². The summed E-state index contributed by atoms with van der Waals surface area (Å²) in [6.45, 7) is 3.47. The zero-order chi connectivity index (χ0) is 25.8. The molecule has 0 bridgehead atoms. The number of rotatable bonds is 10. The van der Waals surface area contributed by atoms with Gasteiger partial charge in [-0.25, -0.2) is 28.4 Å². The second kappa shape index (κ2) is 11.0. The summed E-state index contributed by atoms with van der Waals surface area (Å²) < 4.78 is 38.3. The predicted octanol–water partition coefficient (Wildman–Crippen LogP) is 2.59. The van der Waals surface area contributed by atoms with E-state index in [0.717, 1.165) is 12.8 Å². The first-order chi connectivity index (χ1) is 17.9. The van der Waals surface area contributed by atoms with Gasteiger partial charge in [-0.2, -0.15) is 0 Å². The van der Waals surface area contributed by atoms with E-state index in [9.17, 15) is 13.2 Å². The number of carbonyl (C=O) groups excluding carboxylic acids is 1. The van der Waals surface area contributed by atoms with Crippen molar-refractivity contribution in [2.75, 3.05) is 24.5 Å². The summed E-state index contributed by atoms with van der Waals surface area (Å²) in [7, 11) is -3.48. The topological polar surface area (TPSA) is 158 Å². The Balaban J connectivity index is 1.36. The van der Waals surface area contributed by atoms with Gasteiger partial charge in [-0.1, -0.05) is 0 Å². The molecule has 0 aromatic carbocycles. The number of aromatic nitrogens is 5. The van der Waals surface area contributed by atoms with Crippen LogP contribution in [0.4, 0.5) is 5.82 Å². The molecule has 1 saturated carbocycles. The molecular weight excluding hydrogens is 518 g/mol. The van der Waals surface area contributed by atoms with Crippen LogP contribution in [-0.2, 0) is 14.8 Å². The molecule has 2 N–H and O–H groups in total. The molecule has 4 heterocycles. The molecule has 1 amide bonds. The summed E-state index contributed by atoms with van der Waals surface area (Å²) in [4.78, 5) is 35.3. The first-order valence-electron chi connectivity index (χ1n) is 12.1. The van der Waals surface area contributed by atoms with Crippen LogP contribution in [-0.4, -0.2) is 64.3 Å². The molecule has 1 aliphatic carbocycles. The Morgan fingerprint density at radius 3 is 2.73 bits per heavy atom. The number of carbonyl (C=O) groups is 1. The van der Waals surface area contributed by atoms with E-state index < -0.39 is 16.1 Å². The molecule has 12 nitrogen and oxygen atoms in total. The van der Waals surface area contributed by atoms with Crippen molar-refractivity contribution < 1.29 is 22.7 Å². The van der Waals surface area contributed by atoms with E-state index in [-0.39, 0.29) is 27.9 Å². The van der Waals surface area contributed by atoms with Gasteiger partial charge in [-0.15, -0.1) is 11.3 Å². The Kier molecular flexibility index (Phi) is 7.58. The summed E-state index contributed by atoms with van der Waals surface area (Å²) in [6, 6.07) is 1.11. The molecule has 1 aliphatic heterocycles. The maximum Gasteiger partial charge on any atom is 0.280 e. The molecule has 0 spiro atoms. The third-order valence-electron chi connectivity index (χ3n) is 6.10. The lowest BCUT2D eigenvalue weighted by atomic mass is 9.89. The van der Waals surface area contributed by atoms with E-state index in [4.69, 9.17) is 9.47 Å². The maximum atomic E-state index is 13.3. The van der Waals surface area contributed by atoms with E-state index in [1.807, 2.05) is 6.92 Å². The van der Waals surface area contributed by atoms with Crippen molar-refractivity contribution in [3.8, 4) is 16.5 Å². The summed E-state index contributed by atoms with van der Waals surface area (Å²) in [5, 5.41) is 2.95. The lowest BCUT2D eigenvalue weighted by molar-refractivity contribution is 0.0508. The number of anilines is 1. The molecule has 14 heteroatoms. The summed E-state index contributed by atoms with van der Waals surface area (Å²) in [5.74, 6) is 0.275. The van der Waals surface area contributed by atoms with Gasteiger partial charge in [0.25, 0.3) is 5.91 Å². The first-order valence-corrected chi connectivity index (χ1v) is 14.4. The molecule has 0 radical (unpaired) electrons. The van der Waals surface area contributed by atoms with E-state index in [0.29, 0.717) is 54.8 Å². The Hall–Kier alpha value is -3.23. The summed E-state index contributed by atoms with van der Waals surface area (Å²) >= 11 is 1.20. The van der Waals surface area contributed by atoms with Crippen LogP contribution in [0.15, 0.2) is 31.0 Å². The van der Waals surface area contributed by atoms with Crippen LogP contribution < -0.4 is 14.8 Å². The number of amides is 1. The highest BCUT2D eigenvalue weighted by Gasteiger charge is 2.36. The van der Waals surface area contributed by atoms with Gasteiger partial charge in [0.15, 0.2) is 5.01 Å². The van der Waals surface area contributed by atoms with Crippen LogP contribution in [0.1, 0.15) is 54.1 Å². The number of nitrogens with one attached hydrogen (secondary N) is 2. The zero-order valence-corrected chi connectivity index (χ0v) is 21.8. The molecule has 196 valence electrons. The minimum Gasteiger partial charge on any atom is -0.477 e. The Labute approximate surface area is 218 Å². The molecular formula is C23H27N7O5S2. The smallest absolute Gasteiger partial charge is 0.280 e. The monoisotopic (exact) mass is 545 g/mol. The highest BCUT2D eigenvalue weighted by molar-refractivity contribution is 7.93. The number of hydrogen-bond acceptors (Lipinski definition) is 11. The van der Waals surface area contributed by atoms with Crippen LogP contribution in [0.25, 0.3) is 10.6 Å². The standard InChI is InChI=1S/C23H27N7O5S2/c1-2-35-20-12-24-10-17(28-20)18-11-25-23(36-18)22(31)29-21(14-5-7-34-8-6-14)16-9-19(27-13-26-16)30-37(32,33)15-3-4-15/h9-15,21H,2-8H2,1H3,(H,29,31)(H,26,27,30)/t21-/m0/s1. The van der Waals surface area contributed by atoms with Gasteiger partial charge in [0.1, 0.15) is 17.8 Å². The zero-order valence-electron chi connectivity index (χ0n) is 20.2. The number of thiazole rings is 1. The van der Waals surface area contributed by atoms with Crippen molar-refractivity contribution in [3.63, 3.8) is 0 Å². The number of sulfonamides is 1. The van der Waals surface area contributed by atoms with Crippen LogP contribution in [0, 0.1) is 5.92 Å². The molecule has 5 rings (SSSR count). The largest absolute Gasteiger partial charge is 0.477 e. The SMILES string of the molecule is CCOc1cncc(-c2cnc(C(=O)N[C@H](c3cc(NS(=O)(=O)C4CC4)ncn3)C3CCOCC3)s2)n1. The third kappa shape index (κ3) is 6.19.